The fourth-order valence-electron chi connectivity index (χ4n) is 11.5. The Morgan fingerprint density at radius 1 is 0.473 bits per heavy atom. The van der Waals surface area contributed by atoms with Gasteiger partial charge in [0.05, 0.1) is 0 Å². The van der Waals surface area contributed by atoms with Crippen molar-refractivity contribution in [3.63, 3.8) is 0 Å². The molecule has 0 spiro atoms. The maximum atomic E-state index is 2.57. The van der Waals surface area contributed by atoms with E-state index in [-0.39, 0.29) is 17.8 Å². The number of hydrogen-bond acceptors (Lipinski definition) is 0. The molecule has 0 bridgehead atoms. The van der Waals surface area contributed by atoms with Crippen LogP contribution in [0.25, 0.3) is 38.6 Å². The molecule has 0 heteroatoms. The third kappa shape index (κ3) is 4.40. The van der Waals surface area contributed by atoms with Crippen molar-refractivity contribution in [3.05, 3.63) is 243 Å². The van der Waals surface area contributed by atoms with Gasteiger partial charge in [-0.25, -0.2) is 0 Å². The zero-order valence-electron chi connectivity index (χ0n) is 31.0. The number of fused-ring (bicyclic) bond motifs is 6. The van der Waals surface area contributed by atoms with Gasteiger partial charge in [-0.3, -0.25) is 0 Å². The minimum Gasteiger partial charge on any atom is -0.0754 e. The normalized spacial score (nSPS) is 21.7. The average molecular weight is 701 g/mol. The first-order valence-corrected chi connectivity index (χ1v) is 20.0. The van der Waals surface area contributed by atoms with Crippen LogP contribution in [0.4, 0.5) is 0 Å². The summed E-state index contributed by atoms with van der Waals surface area (Å²) in [5.41, 5.74) is 24.8. The zero-order valence-corrected chi connectivity index (χ0v) is 31.0. The molecule has 260 valence electrons. The SMILES string of the molecule is Cc1cc2c3c(cccc3c1)C1=C(c3ccccc3)C3=C(c4cccc5c4C(C3)C3=C5C(c4ccccc4)CC=C3c3ccccc3)C(c3ccccc3)C12. The van der Waals surface area contributed by atoms with Crippen molar-refractivity contribution in [2.24, 2.45) is 0 Å². The van der Waals surface area contributed by atoms with E-state index in [1.807, 2.05) is 0 Å². The Hall–Kier alpha value is -6.24. The van der Waals surface area contributed by atoms with Crippen molar-refractivity contribution in [2.45, 2.75) is 43.4 Å². The van der Waals surface area contributed by atoms with Crippen molar-refractivity contribution < 1.29 is 0 Å². The molecule has 0 radical (unpaired) electrons. The molecule has 7 aromatic carbocycles. The van der Waals surface area contributed by atoms with Gasteiger partial charge >= 0.3 is 0 Å². The third-order valence-corrected chi connectivity index (χ3v) is 13.4. The number of benzene rings is 7. The first kappa shape index (κ1) is 31.1. The lowest BCUT2D eigenvalue weighted by molar-refractivity contribution is 0.733. The second-order valence-corrected chi connectivity index (χ2v) is 16.2. The molecule has 0 fully saturated rings. The summed E-state index contributed by atoms with van der Waals surface area (Å²) in [4.78, 5) is 0. The van der Waals surface area contributed by atoms with E-state index in [1.54, 1.807) is 16.7 Å². The van der Waals surface area contributed by atoms with Crippen molar-refractivity contribution in [3.8, 4) is 0 Å². The molecule has 55 heavy (non-hydrogen) atoms. The largest absolute Gasteiger partial charge is 0.0754 e. The van der Waals surface area contributed by atoms with E-state index in [9.17, 15) is 0 Å². The Labute approximate surface area is 323 Å². The Balaban J connectivity index is 1.18. The van der Waals surface area contributed by atoms with Gasteiger partial charge < -0.3 is 0 Å². The monoisotopic (exact) mass is 700 g/mol. The highest BCUT2D eigenvalue weighted by Gasteiger charge is 2.50. The second kappa shape index (κ2) is 11.9. The highest BCUT2D eigenvalue weighted by molar-refractivity contribution is 6.18. The van der Waals surface area contributed by atoms with Crippen LogP contribution in [0.1, 0.15) is 92.1 Å². The third-order valence-electron chi connectivity index (χ3n) is 13.4. The molecule has 5 aliphatic rings. The Morgan fingerprint density at radius 3 is 1.82 bits per heavy atom. The number of allylic oxidation sites excluding steroid dienone is 8. The summed E-state index contributed by atoms with van der Waals surface area (Å²) in [5, 5.41) is 2.80. The Morgan fingerprint density at radius 2 is 1.09 bits per heavy atom. The van der Waals surface area contributed by atoms with Gasteiger partial charge in [0, 0.05) is 23.7 Å². The molecule has 7 aromatic rings. The number of aryl methyl sites for hydroxylation is 1. The van der Waals surface area contributed by atoms with Crippen LogP contribution in [0, 0.1) is 6.92 Å². The fraction of sp³-hybridized carbons (Fsp3) is 0.127. The van der Waals surface area contributed by atoms with Crippen LogP contribution in [0.15, 0.2) is 187 Å². The Kier molecular flexibility index (Phi) is 6.73. The van der Waals surface area contributed by atoms with Crippen LogP contribution in [0.3, 0.4) is 0 Å². The van der Waals surface area contributed by atoms with Crippen LogP contribution >= 0.6 is 0 Å². The molecular weight excluding hydrogens is 661 g/mol. The van der Waals surface area contributed by atoms with Crippen LogP contribution in [0.5, 0.6) is 0 Å². The molecule has 5 aliphatic carbocycles. The summed E-state index contributed by atoms with van der Waals surface area (Å²) >= 11 is 0. The lowest BCUT2D eigenvalue weighted by atomic mass is 9.60. The van der Waals surface area contributed by atoms with Crippen molar-refractivity contribution in [2.75, 3.05) is 0 Å². The van der Waals surface area contributed by atoms with Gasteiger partial charge in [0.15, 0.2) is 0 Å². The van der Waals surface area contributed by atoms with E-state index in [2.05, 4.69) is 183 Å². The van der Waals surface area contributed by atoms with E-state index >= 15 is 0 Å². The first-order valence-electron chi connectivity index (χ1n) is 20.0. The second-order valence-electron chi connectivity index (χ2n) is 16.2. The summed E-state index contributed by atoms with van der Waals surface area (Å²) in [6, 6.07) is 64.6. The summed E-state index contributed by atoms with van der Waals surface area (Å²) in [5.74, 6) is 0.994. The summed E-state index contributed by atoms with van der Waals surface area (Å²) < 4.78 is 0. The highest BCUT2D eigenvalue weighted by atomic mass is 14.5. The molecular formula is C55H40. The number of hydrogen-bond donors (Lipinski definition) is 0. The topological polar surface area (TPSA) is 0 Å². The molecule has 12 rings (SSSR count). The van der Waals surface area contributed by atoms with Gasteiger partial charge in [-0.1, -0.05) is 181 Å². The Bertz CT molecular complexity index is 2850. The molecule has 0 saturated heterocycles. The van der Waals surface area contributed by atoms with Crippen LogP contribution in [-0.4, -0.2) is 0 Å². The van der Waals surface area contributed by atoms with Gasteiger partial charge in [-0.2, -0.15) is 0 Å². The number of rotatable bonds is 4. The van der Waals surface area contributed by atoms with Crippen LogP contribution in [-0.2, 0) is 0 Å². The zero-order chi connectivity index (χ0) is 36.2. The maximum Gasteiger partial charge on any atom is 0.0218 e. The van der Waals surface area contributed by atoms with Gasteiger partial charge in [0.25, 0.3) is 0 Å². The molecule has 0 amide bonds. The molecule has 4 atom stereocenters. The minimum absolute atomic E-state index is 0.190. The van der Waals surface area contributed by atoms with Gasteiger partial charge in [-0.15, -0.1) is 0 Å². The van der Waals surface area contributed by atoms with Crippen molar-refractivity contribution >= 4 is 38.6 Å². The molecule has 0 aromatic heterocycles. The van der Waals surface area contributed by atoms with E-state index in [0.29, 0.717) is 5.92 Å². The van der Waals surface area contributed by atoms with E-state index in [1.165, 1.54) is 88.7 Å². The van der Waals surface area contributed by atoms with E-state index in [0.717, 1.165) is 12.8 Å². The molecule has 0 N–H and O–H groups in total. The maximum absolute atomic E-state index is 2.57. The van der Waals surface area contributed by atoms with Gasteiger partial charge in [0.2, 0.25) is 0 Å². The molecule has 4 unspecified atom stereocenters. The fourth-order valence-corrected chi connectivity index (χ4v) is 11.5. The predicted octanol–water partition coefficient (Wildman–Crippen LogP) is 13.9. The van der Waals surface area contributed by atoms with Crippen LogP contribution in [0.2, 0.25) is 0 Å². The van der Waals surface area contributed by atoms with Gasteiger partial charge in [0.1, 0.15) is 0 Å². The van der Waals surface area contributed by atoms with E-state index < -0.39 is 0 Å². The standard InChI is InChI=1S/C55H40/c1-33-30-38-24-14-25-41-47(38)44(31-33)55-49(37-22-12-5-13-23-37)53-43-27-15-26-42-50(43)46(32-45(53)48(54(41)55)36-20-10-4-11-21-36)52-40(35-18-8-3-9-19-35)29-28-39(51(42)52)34-16-6-2-7-17-34/h2-27,29-31,39,46,49,55H,28,32H2,1H3. The first-order chi connectivity index (χ1) is 27.2. The lowest BCUT2D eigenvalue weighted by Gasteiger charge is -2.42. The minimum atomic E-state index is 0.190. The van der Waals surface area contributed by atoms with Crippen LogP contribution < -0.4 is 0 Å². The van der Waals surface area contributed by atoms with Gasteiger partial charge in [-0.05, 0) is 120 Å². The summed E-state index contributed by atoms with van der Waals surface area (Å²) in [7, 11) is 0. The van der Waals surface area contributed by atoms with Crippen molar-refractivity contribution in [1.82, 2.24) is 0 Å². The van der Waals surface area contributed by atoms with Crippen molar-refractivity contribution in [1.29, 1.82) is 0 Å². The smallest absolute Gasteiger partial charge is 0.0218 e. The molecule has 0 heterocycles. The summed E-state index contributed by atoms with van der Waals surface area (Å²) in [6.07, 6.45) is 4.56. The quantitative estimate of drug-likeness (QED) is 0.171. The molecule has 0 saturated carbocycles. The lowest BCUT2D eigenvalue weighted by Crippen LogP contribution is -2.24. The van der Waals surface area contributed by atoms with E-state index in [4.69, 9.17) is 0 Å². The summed E-state index contributed by atoms with van der Waals surface area (Å²) in [6.45, 7) is 2.28. The highest BCUT2D eigenvalue weighted by Crippen LogP contribution is 2.69. The average Bonchev–Trinajstić information content (AvgIpc) is 3.75. The molecule has 0 aliphatic heterocycles. The molecule has 0 nitrogen and oxygen atoms in total. The predicted molar refractivity (Wildman–Crippen MR) is 230 cm³/mol.